The van der Waals surface area contributed by atoms with E-state index < -0.39 is 26.0 Å². The standard InChI is InChI=1S/C10H18FO5P/c1-7(2)16-10-8(11)6-15-9(10)4-5-17(12,13)14-3/h4-5,7-10H,6H2,1-3H3,(H,12,13)/b5-4+/t8-,9+,10-/m0/s1/i4D. The number of ether oxygens (including phenoxy) is 2. The molecule has 0 radical (unpaired) electrons. The van der Waals surface area contributed by atoms with Gasteiger partial charge in [-0.05, 0) is 19.9 Å². The molecule has 1 unspecified atom stereocenters. The van der Waals surface area contributed by atoms with Crippen LogP contribution in [0.3, 0.4) is 0 Å². The molecule has 0 saturated carbocycles. The van der Waals surface area contributed by atoms with Crippen molar-refractivity contribution in [2.45, 2.75) is 38.3 Å². The molecule has 7 heteroatoms. The predicted octanol–water partition coefficient (Wildman–Crippen LogP) is 1.86. The summed E-state index contributed by atoms with van der Waals surface area (Å²) in [6.45, 7) is 3.28. The second-order valence-electron chi connectivity index (χ2n) is 3.96. The molecule has 0 aromatic heterocycles. The summed E-state index contributed by atoms with van der Waals surface area (Å²) < 4.78 is 47.3. The first kappa shape index (κ1) is 13.2. The zero-order valence-corrected chi connectivity index (χ0v) is 10.9. The molecule has 0 aliphatic carbocycles. The molecule has 1 saturated heterocycles. The third-order valence-electron chi connectivity index (χ3n) is 2.18. The van der Waals surface area contributed by atoms with E-state index in [0.29, 0.717) is 0 Å². The maximum Gasteiger partial charge on any atom is 0.351 e. The fourth-order valence-corrected chi connectivity index (χ4v) is 1.85. The van der Waals surface area contributed by atoms with Gasteiger partial charge < -0.3 is 18.9 Å². The molecule has 5 nitrogen and oxygen atoms in total. The Balaban J connectivity index is 2.84. The zero-order chi connectivity index (χ0) is 13.9. The smallest absolute Gasteiger partial charge is 0.351 e. The summed E-state index contributed by atoms with van der Waals surface area (Å²) in [4.78, 5) is 9.23. The number of halogens is 1. The van der Waals surface area contributed by atoms with Gasteiger partial charge in [-0.25, -0.2) is 4.39 Å². The lowest BCUT2D eigenvalue weighted by atomic mass is 10.1. The highest BCUT2D eigenvalue weighted by Gasteiger charge is 2.38. The number of alkyl halides is 1. The molecule has 1 N–H and O–H groups in total. The zero-order valence-electron chi connectivity index (χ0n) is 11.0. The van der Waals surface area contributed by atoms with Gasteiger partial charge in [-0.15, -0.1) is 0 Å². The van der Waals surface area contributed by atoms with Crippen molar-refractivity contribution in [2.75, 3.05) is 13.7 Å². The molecule has 1 rings (SSSR count). The van der Waals surface area contributed by atoms with Crippen LogP contribution in [-0.4, -0.2) is 43.1 Å². The second kappa shape index (κ2) is 6.07. The average Bonchev–Trinajstić information content (AvgIpc) is 2.59. The largest absolute Gasteiger partial charge is 0.369 e. The molecule has 1 heterocycles. The summed E-state index contributed by atoms with van der Waals surface area (Å²) in [6.07, 6.45) is -3.51. The molecule has 1 aliphatic rings. The molecule has 1 fully saturated rings. The van der Waals surface area contributed by atoms with Crippen LogP contribution in [0.1, 0.15) is 15.2 Å². The van der Waals surface area contributed by atoms with Crippen molar-refractivity contribution >= 4 is 7.60 Å². The van der Waals surface area contributed by atoms with Gasteiger partial charge in [-0.3, -0.25) is 4.57 Å². The van der Waals surface area contributed by atoms with Crippen LogP contribution in [0, 0.1) is 0 Å². The maximum absolute atomic E-state index is 13.6. The van der Waals surface area contributed by atoms with E-state index >= 15 is 0 Å². The second-order valence-corrected chi connectivity index (χ2v) is 5.71. The van der Waals surface area contributed by atoms with Crippen LogP contribution < -0.4 is 0 Å². The first-order valence-corrected chi connectivity index (χ1v) is 6.90. The van der Waals surface area contributed by atoms with E-state index in [2.05, 4.69) is 4.52 Å². The van der Waals surface area contributed by atoms with Gasteiger partial charge in [0, 0.05) is 12.9 Å². The number of rotatable bonds is 5. The number of hydrogen-bond donors (Lipinski definition) is 1. The van der Waals surface area contributed by atoms with E-state index in [1.807, 2.05) is 0 Å². The van der Waals surface area contributed by atoms with Crippen molar-refractivity contribution in [3.05, 3.63) is 11.9 Å². The van der Waals surface area contributed by atoms with Crippen LogP contribution in [0.4, 0.5) is 4.39 Å². The molecule has 1 aliphatic heterocycles. The average molecular weight is 269 g/mol. The lowest BCUT2D eigenvalue weighted by Crippen LogP contribution is -2.32. The molecule has 0 aromatic rings. The molecule has 0 bridgehead atoms. The SMILES string of the molecule is [2H]/C(=C\P(=O)(O)OC)[C@H]1OC[C@H](F)[C@@H]1OC(C)C. The van der Waals surface area contributed by atoms with Crippen LogP contribution in [0.2, 0.25) is 0 Å². The highest BCUT2D eigenvalue weighted by Crippen LogP contribution is 2.42. The summed E-state index contributed by atoms with van der Waals surface area (Å²) in [7, 11) is -2.91. The van der Waals surface area contributed by atoms with Crippen molar-refractivity contribution in [1.29, 1.82) is 0 Å². The van der Waals surface area contributed by atoms with Crippen LogP contribution >= 0.6 is 7.60 Å². The molecule has 0 amide bonds. The minimum absolute atomic E-state index is 0.193. The summed E-state index contributed by atoms with van der Waals surface area (Å²) >= 11 is 0. The van der Waals surface area contributed by atoms with Gasteiger partial charge in [-0.2, -0.15) is 0 Å². The summed E-state index contributed by atoms with van der Waals surface area (Å²) in [5.41, 5.74) is 0. The van der Waals surface area contributed by atoms with Crippen molar-refractivity contribution in [2.24, 2.45) is 0 Å². The maximum atomic E-state index is 13.6. The Labute approximate surface area is 101 Å². The minimum Gasteiger partial charge on any atom is -0.369 e. The Morgan fingerprint density at radius 2 is 2.35 bits per heavy atom. The Bertz CT molecular complexity index is 362. The van der Waals surface area contributed by atoms with Crippen LogP contribution in [-0.2, 0) is 18.6 Å². The molecule has 17 heavy (non-hydrogen) atoms. The normalized spacial score (nSPS) is 34.8. The first-order valence-electron chi connectivity index (χ1n) is 5.75. The van der Waals surface area contributed by atoms with Crippen LogP contribution in [0.25, 0.3) is 0 Å². The highest BCUT2D eigenvalue weighted by molar-refractivity contribution is 7.56. The number of hydrogen-bond acceptors (Lipinski definition) is 4. The fraction of sp³-hybridized carbons (Fsp3) is 0.800. The summed E-state index contributed by atoms with van der Waals surface area (Å²) in [6, 6.07) is -0.312. The van der Waals surface area contributed by atoms with Crippen molar-refractivity contribution in [1.82, 2.24) is 0 Å². The van der Waals surface area contributed by atoms with Crippen molar-refractivity contribution < 1.29 is 29.2 Å². The lowest BCUT2D eigenvalue weighted by Gasteiger charge is -2.20. The Kier molecular flexibility index (Phi) is 4.70. The van der Waals surface area contributed by atoms with Gasteiger partial charge in [-0.1, -0.05) is 0 Å². The predicted molar refractivity (Wildman–Crippen MR) is 60.6 cm³/mol. The molecule has 0 spiro atoms. The monoisotopic (exact) mass is 269 g/mol. The van der Waals surface area contributed by atoms with E-state index in [1.54, 1.807) is 13.8 Å². The van der Waals surface area contributed by atoms with Gasteiger partial charge in [0.2, 0.25) is 0 Å². The third-order valence-corrected chi connectivity index (χ3v) is 3.18. The Hall–Kier alpha value is -0.260. The van der Waals surface area contributed by atoms with Gasteiger partial charge in [0.15, 0.2) is 6.17 Å². The van der Waals surface area contributed by atoms with Gasteiger partial charge >= 0.3 is 7.60 Å². The molecule has 100 valence electrons. The first-order chi connectivity index (χ1) is 8.26. The van der Waals surface area contributed by atoms with Gasteiger partial charge in [0.05, 0.1) is 14.1 Å². The van der Waals surface area contributed by atoms with E-state index in [1.165, 1.54) is 0 Å². The van der Waals surface area contributed by atoms with Crippen molar-refractivity contribution in [3.63, 3.8) is 0 Å². The van der Waals surface area contributed by atoms with E-state index in [0.717, 1.165) is 12.9 Å². The molecule has 4 atom stereocenters. The summed E-state index contributed by atoms with van der Waals surface area (Å²) in [5, 5.41) is 0. The lowest BCUT2D eigenvalue weighted by molar-refractivity contribution is -0.0385. The minimum atomic E-state index is -3.97. The third kappa shape index (κ3) is 4.48. The van der Waals surface area contributed by atoms with Gasteiger partial charge in [0.25, 0.3) is 0 Å². The Morgan fingerprint density at radius 3 is 2.88 bits per heavy atom. The van der Waals surface area contributed by atoms with E-state index in [-0.39, 0.29) is 18.8 Å². The van der Waals surface area contributed by atoms with E-state index in [4.69, 9.17) is 10.8 Å². The fourth-order valence-electron chi connectivity index (χ4n) is 1.41. The highest BCUT2D eigenvalue weighted by atomic mass is 31.2. The van der Waals surface area contributed by atoms with Gasteiger partial charge in [0.1, 0.15) is 12.2 Å². The van der Waals surface area contributed by atoms with Crippen LogP contribution in [0.5, 0.6) is 0 Å². The molecular formula is C10H18FO5P. The quantitative estimate of drug-likeness (QED) is 0.772. The van der Waals surface area contributed by atoms with E-state index in [9.17, 15) is 13.8 Å². The topological polar surface area (TPSA) is 65.0 Å². The van der Waals surface area contributed by atoms with Crippen LogP contribution in [0.15, 0.2) is 11.9 Å². The van der Waals surface area contributed by atoms with Crippen molar-refractivity contribution in [3.8, 4) is 0 Å². The summed E-state index contributed by atoms with van der Waals surface area (Å²) in [5.74, 6) is 0.742. The molecule has 0 aromatic carbocycles. The molecular weight excluding hydrogens is 250 g/mol. The Morgan fingerprint density at radius 1 is 1.71 bits per heavy atom.